The molecule has 0 aromatic heterocycles. The number of benzene rings is 1. The first-order valence-electron chi connectivity index (χ1n) is 5.43. The van der Waals surface area contributed by atoms with Crippen LogP contribution in [0.3, 0.4) is 0 Å². The topological polar surface area (TPSA) is 12.0 Å². The van der Waals surface area contributed by atoms with E-state index in [1.807, 2.05) is 24.3 Å². The normalized spacial score (nSPS) is 11.0. The SMILES string of the molecule is CCCNCc1cccc(SCC(F)F)c1. The summed E-state index contributed by atoms with van der Waals surface area (Å²) in [4.78, 5) is 0.913. The predicted octanol–water partition coefficient (Wildman–Crippen LogP) is 3.54. The van der Waals surface area contributed by atoms with Crippen LogP contribution in [0.25, 0.3) is 0 Å². The quantitative estimate of drug-likeness (QED) is 0.582. The Bertz CT molecular complexity index is 305. The van der Waals surface area contributed by atoms with Gasteiger partial charge in [0, 0.05) is 11.4 Å². The molecule has 0 saturated carbocycles. The maximum absolute atomic E-state index is 12.0. The molecule has 4 heteroatoms. The van der Waals surface area contributed by atoms with Crippen molar-refractivity contribution >= 4 is 11.8 Å². The molecule has 0 aliphatic carbocycles. The van der Waals surface area contributed by atoms with E-state index in [1.165, 1.54) is 11.8 Å². The molecule has 1 N–H and O–H groups in total. The van der Waals surface area contributed by atoms with E-state index in [9.17, 15) is 8.78 Å². The molecule has 0 atom stereocenters. The lowest BCUT2D eigenvalue weighted by Gasteiger charge is -2.06. The molecule has 0 aliphatic rings. The van der Waals surface area contributed by atoms with E-state index in [0.29, 0.717) is 0 Å². The summed E-state index contributed by atoms with van der Waals surface area (Å²) in [6, 6.07) is 7.76. The van der Waals surface area contributed by atoms with Crippen LogP contribution >= 0.6 is 11.8 Å². The smallest absolute Gasteiger partial charge is 0.247 e. The molecule has 0 aliphatic heterocycles. The Labute approximate surface area is 99.6 Å². The van der Waals surface area contributed by atoms with Gasteiger partial charge in [0.2, 0.25) is 6.43 Å². The van der Waals surface area contributed by atoms with E-state index in [4.69, 9.17) is 0 Å². The first-order chi connectivity index (χ1) is 7.72. The second kappa shape index (κ2) is 7.63. The Morgan fingerprint density at radius 1 is 1.38 bits per heavy atom. The van der Waals surface area contributed by atoms with E-state index in [0.717, 1.165) is 30.0 Å². The molecule has 0 radical (unpaired) electrons. The highest BCUT2D eigenvalue weighted by molar-refractivity contribution is 7.99. The van der Waals surface area contributed by atoms with Gasteiger partial charge in [-0.25, -0.2) is 8.78 Å². The van der Waals surface area contributed by atoms with Gasteiger partial charge in [-0.2, -0.15) is 0 Å². The van der Waals surface area contributed by atoms with Crippen LogP contribution in [0, 0.1) is 0 Å². The van der Waals surface area contributed by atoms with E-state index in [1.54, 1.807) is 0 Å². The molecule has 1 rings (SSSR count). The molecule has 1 aromatic carbocycles. The number of nitrogens with one attached hydrogen (secondary N) is 1. The highest BCUT2D eigenvalue weighted by atomic mass is 32.2. The summed E-state index contributed by atoms with van der Waals surface area (Å²) in [5, 5.41) is 3.29. The lowest BCUT2D eigenvalue weighted by Crippen LogP contribution is -2.13. The third-order valence-corrected chi connectivity index (χ3v) is 3.04. The Kier molecular flexibility index (Phi) is 6.42. The minimum absolute atomic E-state index is 0.133. The van der Waals surface area contributed by atoms with Gasteiger partial charge < -0.3 is 5.32 Å². The fourth-order valence-electron chi connectivity index (χ4n) is 1.31. The number of thioether (sulfide) groups is 1. The van der Waals surface area contributed by atoms with Crippen LogP contribution in [0.15, 0.2) is 29.2 Å². The largest absolute Gasteiger partial charge is 0.313 e. The van der Waals surface area contributed by atoms with Gasteiger partial charge in [0.15, 0.2) is 0 Å². The monoisotopic (exact) mass is 245 g/mol. The highest BCUT2D eigenvalue weighted by Gasteiger charge is 2.03. The zero-order valence-corrected chi connectivity index (χ0v) is 10.2. The van der Waals surface area contributed by atoms with E-state index >= 15 is 0 Å². The second-order valence-corrected chi connectivity index (χ2v) is 4.62. The van der Waals surface area contributed by atoms with Gasteiger partial charge in [-0.3, -0.25) is 0 Å². The summed E-state index contributed by atoms with van der Waals surface area (Å²) in [6.07, 6.45) is -1.15. The van der Waals surface area contributed by atoms with Crippen LogP contribution < -0.4 is 5.32 Å². The Morgan fingerprint density at radius 3 is 2.88 bits per heavy atom. The molecule has 0 unspecified atom stereocenters. The van der Waals surface area contributed by atoms with Crippen molar-refractivity contribution < 1.29 is 8.78 Å². The molecule has 90 valence electrons. The van der Waals surface area contributed by atoms with Gasteiger partial charge in [-0.15, -0.1) is 11.8 Å². The molecule has 0 spiro atoms. The highest BCUT2D eigenvalue weighted by Crippen LogP contribution is 2.21. The van der Waals surface area contributed by atoms with E-state index in [-0.39, 0.29) is 5.75 Å². The van der Waals surface area contributed by atoms with Crippen molar-refractivity contribution in [1.29, 1.82) is 0 Å². The number of halogens is 2. The minimum Gasteiger partial charge on any atom is -0.313 e. The van der Waals surface area contributed by atoms with Crippen LogP contribution in [-0.4, -0.2) is 18.7 Å². The predicted molar refractivity (Wildman–Crippen MR) is 65.2 cm³/mol. The number of rotatable bonds is 7. The van der Waals surface area contributed by atoms with Crippen molar-refractivity contribution in [2.75, 3.05) is 12.3 Å². The van der Waals surface area contributed by atoms with Crippen LogP contribution in [-0.2, 0) is 6.54 Å². The van der Waals surface area contributed by atoms with E-state index < -0.39 is 6.43 Å². The zero-order chi connectivity index (χ0) is 11.8. The van der Waals surface area contributed by atoms with Crippen LogP contribution in [0.4, 0.5) is 8.78 Å². The third kappa shape index (κ3) is 5.47. The Balaban J connectivity index is 2.43. The third-order valence-electron chi connectivity index (χ3n) is 2.03. The number of hydrogen-bond donors (Lipinski definition) is 1. The van der Waals surface area contributed by atoms with Crippen LogP contribution in [0.1, 0.15) is 18.9 Å². The summed E-state index contributed by atoms with van der Waals surface area (Å²) < 4.78 is 24.1. The molecule has 0 fully saturated rings. The van der Waals surface area contributed by atoms with Crippen molar-refractivity contribution in [1.82, 2.24) is 5.32 Å². The lowest BCUT2D eigenvalue weighted by molar-refractivity contribution is 0.177. The van der Waals surface area contributed by atoms with Crippen molar-refractivity contribution in [2.45, 2.75) is 31.2 Å². The lowest BCUT2D eigenvalue weighted by atomic mass is 10.2. The Hall–Kier alpha value is -0.610. The first kappa shape index (κ1) is 13.5. The molecule has 0 amide bonds. The molecule has 0 saturated heterocycles. The van der Waals surface area contributed by atoms with Gasteiger partial charge >= 0.3 is 0 Å². The average molecular weight is 245 g/mol. The number of hydrogen-bond acceptors (Lipinski definition) is 2. The molecule has 0 heterocycles. The molecular weight excluding hydrogens is 228 g/mol. The molecule has 0 bridgehead atoms. The first-order valence-corrected chi connectivity index (χ1v) is 6.41. The van der Waals surface area contributed by atoms with Gasteiger partial charge in [-0.1, -0.05) is 19.1 Å². The Morgan fingerprint density at radius 2 is 2.19 bits per heavy atom. The van der Waals surface area contributed by atoms with Crippen molar-refractivity contribution in [3.63, 3.8) is 0 Å². The zero-order valence-electron chi connectivity index (χ0n) is 9.38. The molecule has 1 aromatic rings. The standard InChI is InChI=1S/C12H17F2NS/c1-2-6-15-8-10-4-3-5-11(7-10)16-9-12(13)14/h3-5,7,12,15H,2,6,8-9H2,1H3. The molecule has 1 nitrogen and oxygen atoms in total. The maximum Gasteiger partial charge on any atom is 0.247 e. The summed E-state index contributed by atoms with van der Waals surface area (Å²) in [7, 11) is 0. The summed E-state index contributed by atoms with van der Waals surface area (Å²) >= 11 is 1.20. The molecule has 16 heavy (non-hydrogen) atoms. The van der Waals surface area contributed by atoms with E-state index in [2.05, 4.69) is 12.2 Å². The van der Waals surface area contributed by atoms with Gasteiger partial charge in [0.1, 0.15) is 0 Å². The van der Waals surface area contributed by atoms with Crippen molar-refractivity contribution in [2.24, 2.45) is 0 Å². The fraction of sp³-hybridized carbons (Fsp3) is 0.500. The minimum atomic E-state index is -2.24. The number of alkyl halides is 2. The van der Waals surface area contributed by atoms with Crippen LogP contribution in [0.2, 0.25) is 0 Å². The van der Waals surface area contributed by atoms with Crippen molar-refractivity contribution in [3.8, 4) is 0 Å². The maximum atomic E-state index is 12.0. The van der Waals surface area contributed by atoms with Gasteiger partial charge in [0.25, 0.3) is 0 Å². The van der Waals surface area contributed by atoms with Gasteiger partial charge in [0.05, 0.1) is 5.75 Å². The summed E-state index contributed by atoms with van der Waals surface area (Å²) in [5.41, 5.74) is 1.15. The molecular formula is C12H17F2NS. The average Bonchev–Trinajstić information content (AvgIpc) is 2.27. The second-order valence-electron chi connectivity index (χ2n) is 3.53. The van der Waals surface area contributed by atoms with Gasteiger partial charge in [-0.05, 0) is 30.7 Å². The summed E-state index contributed by atoms with van der Waals surface area (Å²) in [6.45, 7) is 3.90. The van der Waals surface area contributed by atoms with Crippen LogP contribution in [0.5, 0.6) is 0 Å². The summed E-state index contributed by atoms with van der Waals surface area (Å²) in [5.74, 6) is -0.133. The fourth-order valence-corrected chi connectivity index (χ4v) is 2.04. The van der Waals surface area contributed by atoms with Crippen molar-refractivity contribution in [3.05, 3.63) is 29.8 Å².